The van der Waals surface area contributed by atoms with E-state index >= 15 is 0 Å². The van der Waals surface area contributed by atoms with Gasteiger partial charge in [-0.15, -0.1) is 11.3 Å². The molecule has 2 N–H and O–H groups in total. The molecule has 6 nitrogen and oxygen atoms in total. The van der Waals surface area contributed by atoms with Crippen LogP contribution in [0.1, 0.15) is 39.5 Å². The SMILES string of the molecule is CCOCOc1cc(C=O)ccc1C1=NNC(NC)c2sccc21. The van der Waals surface area contributed by atoms with Gasteiger partial charge in [0.2, 0.25) is 0 Å². The van der Waals surface area contributed by atoms with Crippen LogP contribution in [0.15, 0.2) is 34.7 Å². The predicted octanol–water partition coefficient (Wildman–Crippen LogP) is 2.51. The van der Waals surface area contributed by atoms with E-state index in [0.717, 1.165) is 28.0 Å². The van der Waals surface area contributed by atoms with Crippen LogP contribution in [0.2, 0.25) is 0 Å². The molecule has 0 saturated heterocycles. The maximum Gasteiger partial charge on any atom is 0.189 e. The van der Waals surface area contributed by atoms with Gasteiger partial charge in [0.25, 0.3) is 0 Å². The molecule has 1 aliphatic heterocycles. The monoisotopic (exact) mass is 345 g/mol. The minimum Gasteiger partial charge on any atom is -0.467 e. The van der Waals surface area contributed by atoms with Crippen molar-refractivity contribution in [3.05, 3.63) is 51.2 Å². The molecule has 0 fully saturated rings. The normalized spacial score (nSPS) is 16.1. The summed E-state index contributed by atoms with van der Waals surface area (Å²) in [5.41, 5.74) is 6.33. The highest BCUT2D eigenvalue weighted by molar-refractivity contribution is 7.10. The third-order valence-corrected chi connectivity index (χ3v) is 4.69. The summed E-state index contributed by atoms with van der Waals surface area (Å²) < 4.78 is 11.0. The quantitative estimate of drug-likeness (QED) is 0.458. The summed E-state index contributed by atoms with van der Waals surface area (Å²) in [6, 6.07) is 7.37. The number of hydrogen-bond acceptors (Lipinski definition) is 7. The molecule has 1 unspecified atom stereocenters. The van der Waals surface area contributed by atoms with E-state index in [2.05, 4.69) is 15.8 Å². The molecule has 0 spiro atoms. The first-order valence-electron chi connectivity index (χ1n) is 7.66. The molecule has 1 aromatic heterocycles. The van der Waals surface area contributed by atoms with E-state index in [-0.39, 0.29) is 13.0 Å². The molecule has 0 aliphatic carbocycles. The van der Waals surface area contributed by atoms with E-state index < -0.39 is 0 Å². The largest absolute Gasteiger partial charge is 0.467 e. The van der Waals surface area contributed by atoms with E-state index in [1.54, 1.807) is 23.5 Å². The van der Waals surface area contributed by atoms with Crippen molar-refractivity contribution in [2.24, 2.45) is 5.10 Å². The molecule has 1 aliphatic rings. The Morgan fingerprint density at radius 2 is 2.25 bits per heavy atom. The maximum absolute atomic E-state index is 11.1. The summed E-state index contributed by atoms with van der Waals surface area (Å²) in [4.78, 5) is 12.2. The lowest BCUT2D eigenvalue weighted by Gasteiger charge is -2.23. The number of benzene rings is 1. The molecule has 126 valence electrons. The molecule has 0 amide bonds. The van der Waals surface area contributed by atoms with Crippen LogP contribution >= 0.6 is 11.3 Å². The Morgan fingerprint density at radius 3 is 3.00 bits per heavy atom. The highest BCUT2D eigenvalue weighted by atomic mass is 32.1. The summed E-state index contributed by atoms with van der Waals surface area (Å²) >= 11 is 1.66. The molecular weight excluding hydrogens is 326 g/mol. The van der Waals surface area contributed by atoms with Crippen molar-refractivity contribution in [2.75, 3.05) is 20.4 Å². The average molecular weight is 345 g/mol. The Balaban J connectivity index is 2.00. The van der Waals surface area contributed by atoms with Crippen molar-refractivity contribution < 1.29 is 14.3 Å². The van der Waals surface area contributed by atoms with Crippen LogP contribution in [0.3, 0.4) is 0 Å². The van der Waals surface area contributed by atoms with Crippen molar-refractivity contribution in [1.29, 1.82) is 0 Å². The standard InChI is InChI=1S/C17H19N3O3S/c1-3-22-10-23-14-8-11(9-21)4-5-12(14)15-13-6-7-24-16(13)17(18-2)20-19-15/h4-9,17-18,20H,3,10H2,1-2H3. The zero-order valence-electron chi connectivity index (χ0n) is 13.5. The minimum absolute atomic E-state index is 0.00853. The van der Waals surface area contributed by atoms with Crippen molar-refractivity contribution in [3.8, 4) is 5.75 Å². The van der Waals surface area contributed by atoms with E-state index in [1.807, 2.05) is 31.5 Å². The van der Waals surface area contributed by atoms with Crippen LogP contribution in [-0.4, -0.2) is 32.4 Å². The minimum atomic E-state index is -0.00853. The Labute approximate surface area is 144 Å². The molecule has 0 radical (unpaired) electrons. The average Bonchev–Trinajstić information content (AvgIpc) is 3.11. The van der Waals surface area contributed by atoms with Crippen molar-refractivity contribution in [2.45, 2.75) is 13.1 Å². The van der Waals surface area contributed by atoms with Gasteiger partial charge in [0.1, 0.15) is 23.9 Å². The highest BCUT2D eigenvalue weighted by Gasteiger charge is 2.25. The molecule has 2 aromatic rings. The molecule has 2 heterocycles. The lowest BCUT2D eigenvalue weighted by Crippen LogP contribution is -2.33. The first-order valence-corrected chi connectivity index (χ1v) is 8.54. The first kappa shape index (κ1) is 16.6. The molecule has 0 bridgehead atoms. The Hall–Kier alpha value is -2.22. The second-order valence-corrected chi connectivity index (χ2v) is 6.09. The maximum atomic E-state index is 11.1. The summed E-state index contributed by atoms with van der Waals surface area (Å²) in [5.74, 6) is 0.577. The Bertz CT molecular complexity index is 757. The van der Waals surface area contributed by atoms with Gasteiger partial charge in [0, 0.05) is 23.3 Å². The lowest BCUT2D eigenvalue weighted by molar-refractivity contribution is 0.0222. The number of hydrogen-bond donors (Lipinski definition) is 2. The second kappa shape index (κ2) is 7.57. The fourth-order valence-electron chi connectivity index (χ4n) is 2.50. The summed E-state index contributed by atoms with van der Waals surface area (Å²) in [6.07, 6.45) is 0.788. The third kappa shape index (κ3) is 3.19. The lowest BCUT2D eigenvalue weighted by atomic mass is 9.99. The molecule has 3 rings (SSSR count). The number of hydrazone groups is 1. The van der Waals surface area contributed by atoms with Crippen LogP contribution in [0, 0.1) is 0 Å². The number of nitrogens with zero attached hydrogens (tertiary/aromatic N) is 1. The molecule has 24 heavy (non-hydrogen) atoms. The molecule has 0 saturated carbocycles. The van der Waals surface area contributed by atoms with E-state index in [4.69, 9.17) is 9.47 Å². The van der Waals surface area contributed by atoms with Crippen molar-refractivity contribution >= 4 is 23.3 Å². The van der Waals surface area contributed by atoms with Crippen LogP contribution in [0.5, 0.6) is 5.75 Å². The van der Waals surface area contributed by atoms with Crippen molar-refractivity contribution in [3.63, 3.8) is 0 Å². The topological polar surface area (TPSA) is 72.0 Å². The van der Waals surface area contributed by atoms with Gasteiger partial charge in [-0.1, -0.05) is 6.07 Å². The van der Waals surface area contributed by atoms with E-state index in [0.29, 0.717) is 17.9 Å². The van der Waals surface area contributed by atoms with Gasteiger partial charge in [-0.2, -0.15) is 5.10 Å². The van der Waals surface area contributed by atoms with Crippen LogP contribution < -0.4 is 15.5 Å². The van der Waals surface area contributed by atoms with E-state index in [1.165, 1.54) is 0 Å². The van der Waals surface area contributed by atoms with Gasteiger partial charge in [0.15, 0.2) is 6.79 Å². The predicted molar refractivity (Wildman–Crippen MR) is 93.8 cm³/mol. The van der Waals surface area contributed by atoms with Crippen LogP contribution in [0.4, 0.5) is 0 Å². The van der Waals surface area contributed by atoms with Gasteiger partial charge in [-0.3, -0.25) is 15.5 Å². The van der Waals surface area contributed by atoms with Gasteiger partial charge in [-0.05, 0) is 37.6 Å². The molecule has 1 aromatic carbocycles. The highest BCUT2D eigenvalue weighted by Crippen LogP contribution is 2.32. The number of aldehydes is 1. The zero-order valence-corrected chi connectivity index (χ0v) is 14.4. The number of nitrogens with one attached hydrogen (secondary N) is 2. The number of ether oxygens (including phenoxy) is 2. The van der Waals surface area contributed by atoms with Crippen LogP contribution in [-0.2, 0) is 4.74 Å². The number of rotatable bonds is 7. The summed E-state index contributed by atoms with van der Waals surface area (Å²) in [7, 11) is 1.89. The molecular formula is C17H19N3O3S. The molecule has 1 atom stereocenters. The first-order chi connectivity index (χ1) is 11.8. The van der Waals surface area contributed by atoms with Crippen molar-refractivity contribution in [1.82, 2.24) is 10.7 Å². The Kier molecular flexibility index (Phi) is 5.24. The van der Waals surface area contributed by atoms with Gasteiger partial charge < -0.3 is 9.47 Å². The van der Waals surface area contributed by atoms with Gasteiger partial charge in [0.05, 0.1) is 4.88 Å². The van der Waals surface area contributed by atoms with Gasteiger partial charge in [-0.25, -0.2) is 0 Å². The fourth-order valence-corrected chi connectivity index (χ4v) is 3.45. The van der Waals surface area contributed by atoms with Crippen LogP contribution in [0.25, 0.3) is 0 Å². The number of thiophene rings is 1. The number of carbonyl (C=O) groups excluding carboxylic acids is 1. The Morgan fingerprint density at radius 1 is 1.38 bits per heavy atom. The fraction of sp³-hybridized carbons (Fsp3) is 0.294. The smallest absolute Gasteiger partial charge is 0.189 e. The summed E-state index contributed by atoms with van der Waals surface area (Å²) in [6.45, 7) is 2.59. The summed E-state index contributed by atoms with van der Waals surface area (Å²) in [5, 5.41) is 9.74. The van der Waals surface area contributed by atoms with Gasteiger partial charge >= 0.3 is 0 Å². The molecule has 7 heteroatoms. The third-order valence-electron chi connectivity index (χ3n) is 3.71. The number of carbonyl (C=O) groups is 1. The second-order valence-electron chi connectivity index (χ2n) is 5.14. The zero-order chi connectivity index (χ0) is 16.9. The number of fused-ring (bicyclic) bond motifs is 1. The van der Waals surface area contributed by atoms with E-state index in [9.17, 15) is 4.79 Å².